The highest BCUT2D eigenvalue weighted by molar-refractivity contribution is 5.90. The van der Waals surface area contributed by atoms with Crippen LogP contribution in [0.15, 0.2) is 12.3 Å². The van der Waals surface area contributed by atoms with Crippen LogP contribution in [-0.4, -0.2) is 29.4 Å². The molecule has 1 aromatic rings. The first-order chi connectivity index (χ1) is 6.65. The molecule has 0 spiro atoms. The summed E-state index contributed by atoms with van der Waals surface area (Å²) in [6.07, 6.45) is 1.66. The number of nitrogens with zero attached hydrogens (tertiary/aromatic N) is 2. The predicted octanol–water partition coefficient (Wildman–Crippen LogP) is 1.05. The number of carbonyl (C=O) groups is 1. The van der Waals surface area contributed by atoms with Crippen LogP contribution in [-0.2, 0) is 9.53 Å². The minimum atomic E-state index is -0.171. The summed E-state index contributed by atoms with van der Waals surface area (Å²) < 4.78 is 6.45. The Morgan fingerprint density at radius 3 is 3.00 bits per heavy atom. The Hall–Kier alpha value is -1.36. The molecule has 5 nitrogen and oxygen atoms in total. The number of anilines is 1. The zero-order valence-corrected chi connectivity index (χ0v) is 8.65. The van der Waals surface area contributed by atoms with Crippen molar-refractivity contribution >= 4 is 11.7 Å². The minimum Gasteiger partial charge on any atom is -0.375 e. The molecule has 0 fully saturated rings. The summed E-state index contributed by atoms with van der Waals surface area (Å²) >= 11 is 0. The van der Waals surface area contributed by atoms with Crippen molar-refractivity contribution in [1.82, 2.24) is 9.78 Å². The van der Waals surface area contributed by atoms with Gasteiger partial charge in [-0.2, -0.15) is 5.10 Å². The van der Waals surface area contributed by atoms with Gasteiger partial charge >= 0.3 is 0 Å². The van der Waals surface area contributed by atoms with Crippen LogP contribution < -0.4 is 5.32 Å². The standard InChI is InChI=1S/C9H15N3O2/c1-7(2)12-8(4-5-10-12)11-9(13)6-14-3/h4-5,7H,6H2,1-3H3,(H,11,13). The first kappa shape index (κ1) is 10.7. The maximum Gasteiger partial charge on any atom is 0.251 e. The number of hydrogen-bond donors (Lipinski definition) is 1. The van der Waals surface area contributed by atoms with Gasteiger partial charge in [-0.05, 0) is 13.8 Å². The molecular weight excluding hydrogens is 182 g/mol. The molecule has 0 aliphatic carbocycles. The van der Waals surface area contributed by atoms with E-state index in [1.807, 2.05) is 13.8 Å². The van der Waals surface area contributed by atoms with Crippen molar-refractivity contribution in [2.75, 3.05) is 19.0 Å². The van der Waals surface area contributed by atoms with E-state index >= 15 is 0 Å². The topological polar surface area (TPSA) is 56.1 Å². The molecule has 0 saturated carbocycles. The Bertz CT molecular complexity index is 307. The van der Waals surface area contributed by atoms with Crippen LogP contribution in [0.25, 0.3) is 0 Å². The minimum absolute atomic E-state index is 0.0588. The molecule has 78 valence electrons. The van der Waals surface area contributed by atoms with Crippen molar-refractivity contribution in [2.45, 2.75) is 19.9 Å². The van der Waals surface area contributed by atoms with Crippen LogP contribution in [0.4, 0.5) is 5.82 Å². The van der Waals surface area contributed by atoms with Gasteiger partial charge in [0.25, 0.3) is 5.91 Å². The van der Waals surface area contributed by atoms with E-state index in [1.165, 1.54) is 7.11 Å². The van der Waals surface area contributed by atoms with Gasteiger partial charge in [-0.25, -0.2) is 4.68 Å². The Balaban J connectivity index is 2.66. The number of carbonyl (C=O) groups excluding carboxylic acids is 1. The summed E-state index contributed by atoms with van der Waals surface area (Å²) in [5, 5.41) is 6.80. The van der Waals surface area contributed by atoms with Crippen molar-refractivity contribution < 1.29 is 9.53 Å². The highest BCUT2D eigenvalue weighted by Crippen LogP contribution is 2.12. The summed E-state index contributed by atoms with van der Waals surface area (Å²) in [5.41, 5.74) is 0. The Morgan fingerprint density at radius 2 is 2.43 bits per heavy atom. The van der Waals surface area contributed by atoms with Crippen LogP contribution >= 0.6 is 0 Å². The van der Waals surface area contributed by atoms with E-state index in [1.54, 1.807) is 16.9 Å². The molecule has 14 heavy (non-hydrogen) atoms. The lowest BCUT2D eigenvalue weighted by Gasteiger charge is -2.11. The van der Waals surface area contributed by atoms with Crippen molar-refractivity contribution in [3.63, 3.8) is 0 Å². The van der Waals surface area contributed by atoms with Crippen LogP contribution in [0.5, 0.6) is 0 Å². The number of rotatable bonds is 4. The van der Waals surface area contributed by atoms with Gasteiger partial charge in [0.05, 0.1) is 6.20 Å². The van der Waals surface area contributed by atoms with Gasteiger partial charge in [0, 0.05) is 19.2 Å². The molecule has 5 heteroatoms. The lowest BCUT2D eigenvalue weighted by molar-refractivity contribution is -0.119. The summed E-state index contributed by atoms with van der Waals surface area (Å²) in [7, 11) is 1.49. The largest absolute Gasteiger partial charge is 0.375 e. The zero-order chi connectivity index (χ0) is 10.6. The molecule has 1 aromatic heterocycles. The maximum absolute atomic E-state index is 11.2. The van der Waals surface area contributed by atoms with Crippen molar-refractivity contribution in [3.8, 4) is 0 Å². The lowest BCUT2D eigenvalue weighted by atomic mass is 10.4. The van der Waals surface area contributed by atoms with Crippen LogP contribution in [0.2, 0.25) is 0 Å². The average Bonchev–Trinajstić information content (AvgIpc) is 2.52. The number of amides is 1. The monoisotopic (exact) mass is 197 g/mol. The molecule has 0 aliphatic heterocycles. The third-order valence-corrected chi connectivity index (χ3v) is 1.70. The number of hydrogen-bond acceptors (Lipinski definition) is 3. The van der Waals surface area contributed by atoms with Gasteiger partial charge in [-0.15, -0.1) is 0 Å². The molecule has 0 saturated heterocycles. The summed E-state index contributed by atoms with van der Waals surface area (Å²) in [6, 6.07) is 1.98. The second-order valence-corrected chi connectivity index (χ2v) is 3.24. The number of nitrogens with one attached hydrogen (secondary N) is 1. The van der Waals surface area contributed by atoms with Crippen molar-refractivity contribution in [1.29, 1.82) is 0 Å². The quantitative estimate of drug-likeness (QED) is 0.784. The number of aromatic nitrogens is 2. The maximum atomic E-state index is 11.2. The third-order valence-electron chi connectivity index (χ3n) is 1.70. The molecule has 0 aromatic carbocycles. The Morgan fingerprint density at radius 1 is 1.71 bits per heavy atom. The van der Waals surface area contributed by atoms with E-state index in [-0.39, 0.29) is 18.6 Å². The zero-order valence-electron chi connectivity index (χ0n) is 8.65. The van der Waals surface area contributed by atoms with Crippen LogP contribution in [0.3, 0.4) is 0 Å². The molecule has 1 heterocycles. The van der Waals surface area contributed by atoms with Crippen molar-refractivity contribution in [3.05, 3.63) is 12.3 Å². The van der Waals surface area contributed by atoms with Gasteiger partial charge in [-0.1, -0.05) is 0 Å². The summed E-state index contributed by atoms with van der Waals surface area (Å²) in [4.78, 5) is 11.2. The van der Waals surface area contributed by atoms with Crippen molar-refractivity contribution in [2.24, 2.45) is 0 Å². The van der Waals surface area contributed by atoms with Gasteiger partial charge in [0.1, 0.15) is 12.4 Å². The first-order valence-electron chi connectivity index (χ1n) is 4.47. The van der Waals surface area contributed by atoms with Crippen LogP contribution in [0.1, 0.15) is 19.9 Å². The average molecular weight is 197 g/mol. The second kappa shape index (κ2) is 4.76. The van der Waals surface area contributed by atoms with Crippen LogP contribution in [0, 0.1) is 0 Å². The number of methoxy groups -OCH3 is 1. The molecule has 0 aliphatic rings. The van der Waals surface area contributed by atoms with Gasteiger partial charge in [0.2, 0.25) is 0 Å². The normalized spacial score (nSPS) is 10.6. The first-order valence-corrected chi connectivity index (χ1v) is 4.47. The molecule has 0 radical (unpaired) electrons. The van der Waals surface area contributed by atoms with Gasteiger partial charge in [-0.3, -0.25) is 4.79 Å². The lowest BCUT2D eigenvalue weighted by Crippen LogP contribution is -2.20. The van der Waals surface area contributed by atoms with Gasteiger partial charge in [0.15, 0.2) is 0 Å². The smallest absolute Gasteiger partial charge is 0.251 e. The Labute approximate surface area is 83.1 Å². The number of ether oxygens (including phenoxy) is 1. The summed E-state index contributed by atoms with van der Waals surface area (Å²) in [6.45, 7) is 4.06. The molecule has 0 bridgehead atoms. The Kier molecular flexibility index (Phi) is 3.64. The summed E-state index contributed by atoms with van der Waals surface area (Å²) in [5.74, 6) is 0.525. The fraction of sp³-hybridized carbons (Fsp3) is 0.556. The van der Waals surface area contributed by atoms with E-state index in [0.717, 1.165) is 0 Å². The van der Waals surface area contributed by atoms with E-state index < -0.39 is 0 Å². The molecule has 1 amide bonds. The van der Waals surface area contributed by atoms with E-state index in [2.05, 4.69) is 10.4 Å². The SMILES string of the molecule is COCC(=O)Nc1ccnn1C(C)C. The predicted molar refractivity (Wildman–Crippen MR) is 53.1 cm³/mol. The highest BCUT2D eigenvalue weighted by atomic mass is 16.5. The molecular formula is C9H15N3O2. The van der Waals surface area contributed by atoms with E-state index in [0.29, 0.717) is 5.82 Å². The molecule has 0 unspecified atom stereocenters. The highest BCUT2D eigenvalue weighted by Gasteiger charge is 2.08. The second-order valence-electron chi connectivity index (χ2n) is 3.24. The van der Waals surface area contributed by atoms with E-state index in [9.17, 15) is 4.79 Å². The fourth-order valence-corrected chi connectivity index (χ4v) is 1.13. The third kappa shape index (κ3) is 2.56. The van der Waals surface area contributed by atoms with Gasteiger partial charge < -0.3 is 10.1 Å². The van der Waals surface area contributed by atoms with E-state index in [4.69, 9.17) is 4.74 Å². The fourth-order valence-electron chi connectivity index (χ4n) is 1.13. The molecule has 1 N–H and O–H groups in total. The molecule has 1 rings (SSSR count). The molecule has 0 atom stereocenters.